The van der Waals surface area contributed by atoms with Crippen molar-refractivity contribution in [3.8, 4) is 5.75 Å². The van der Waals surface area contributed by atoms with E-state index < -0.39 is 0 Å². The van der Waals surface area contributed by atoms with Crippen LogP contribution in [0, 0.1) is 0 Å². The molecular weight excluding hydrogens is 250 g/mol. The van der Waals surface area contributed by atoms with Gasteiger partial charge >= 0.3 is 0 Å². The number of nitrogens with zero attached hydrogens (tertiary/aromatic N) is 1. The largest absolute Gasteiger partial charge is 0.492 e. The molecule has 20 heavy (non-hydrogen) atoms. The van der Waals surface area contributed by atoms with Crippen LogP contribution in [-0.4, -0.2) is 17.5 Å². The van der Waals surface area contributed by atoms with Crippen LogP contribution >= 0.6 is 0 Å². The summed E-state index contributed by atoms with van der Waals surface area (Å²) in [5.41, 5.74) is 1.69. The number of aldehydes is 1. The first-order valence-electron chi connectivity index (χ1n) is 6.59. The normalized spacial score (nSPS) is 10.6. The van der Waals surface area contributed by atoms with Crippen molar-refractivity contribution in [2.24, 2.45) is 0 Å². The molecule has 0 amide bonds. The molecule has 0 atom stereocenters. The van der Waals surface area contributed by atoms with Crippen LogP contribution in [0.2, 0.25) is 0 Å². The van der Waals surface area contributed by atoms with Crippen LogP contribution in [0.4, 0.5) is 0 Å². The first kappa shape index (κ1) is 12.5. The van der Waals surface area contributed by atoms with Crippen LogP contribution in [0.15, 0.2) is 60.8 Å². The van der Waals surface area contributed by atoms with Crippen molar-refractivity contribution in [3.63, 3.8) is 0 Å². The van der Waals surface area contributed by atoms with Gasteiger partial charge in [0.25, 0.3) is 0 Å². The zero-order chi connectivity index (χ0) is 13.8. The third-order valence-corrected chi connectivity index (χ3v) is 3.29. The van der Waals surface area contributed by atoms with Gasteiger partial charge in [-0.3, -0.25) is 4.79 Å². The molecule has 0 saturated carbocycles. The molecule has 0 aliphatic carbocycles. The molecule has 3 nitrogen and oxygen atoms in total. The minimum absolute atomic E-state index is 0.570. The fourth-order valence-electron chi connectivity index (χ4n) is 2.35. The van der Waals surface area contributed by atoms with E-state index in [-0.39, 0.29) is 0 Å². The van der Waals surface area contributed by atoms with Crippen LogP contribution in [0.5, 0.6) is 5.75 Å². The van der Waals surface area contributed by atoms with Crippen molar-refractivity contribution >= 4 is 17.2 Å². The van der Waals surface area contributed by atoms with Crippen molar-refractivity contribution < 1.29 is 9.53 Å². The summed E-state index contributed by atoms with van der Waals surface area (Å²) in [7, 11) is 0. The highest BCUT2D eigenvalue weighted by molar-refractivity contribution is 5.96. The van der Waals surface area contributed by atoms with Gasteiger partial charge in [-0.25, -0.2) is 0 Å². The summed E-state index contributed by atoms with van der Waals surface area (Å²) in [5.74, 6) is 0.861. The lowest BCUT2D eigenvalue weighted by Crippen LogP contribution is -2.07. The molecule has 0 N–H and O–H groups in total. The third-order valence-electron chi connectivity index (χ3n) is 3.29. The van der Waals surface area contributed by atoms with Crippen molar-refractivity contribution in [3.05, 3.63) is 66.4 Å². The summed E-state index contributed by atoms with van der Waals surface area (Å²) in [4.78, 5) is 11.1. The first-order valence-corrected chi connectivity index (χ1v) is 6.59. The summed E-state index contributed by atoms with van der Waals surface area (Å²) in [6.45, 7) is 1.28. The number of hydrogen-bond donors (Lipinski definition) is 0. The van der Waals surface area contributed by atoms with Crippen LogP contribution in [0.3, 0.4) is 0 Å². The van der Waals surface area contributed by atoms with Gasteiger partial charge in [-0.05, 0) is 24.3 Å². The molecule has 0 unspecified atom stereocenters. The molecule has 0 fully saturated rings. The molecule has 2 aromatic carbocycles. The lowest BCUT2D eigenvalue weighted by atomic mass is 10.1. The standard InChI is InChI=1S/C17H15NO2/c19-13-15-6-4-5-14-9-10-18(17(14)15)11-12-20-16-7-2-1-3-8-16/h1-10,13H,11-12H2. The number of para-hydroxylation sites is 2. The molecule has 1 aromatic heterocycles. The van der Waals surface area contributed by atoms with E-state index in [2.05, 4.69) is 4.57 Å². The molecule has 0 radical (unpaired) electrons. The molecule has 3 rings (SSSR count). The van der Waals surface area contributed by atoms with Gasteiger partial charge in [-0.15, -0.1) is 0 Å². The molecule has 3 aromatic rings. The van der Waals surface area contributed by atoms with Crippen molar-refractivity contribution in [1.29, 1.82) is 0 Å². The van der Waals surface area contributed by atoms with Crippen LogP contribution in [-0.2, 0) is 6.54 Å². The lowest BCUT2D eigenvalue weighted by molar-refractivity contribution is 0.112. The van der Waals surface area contributed by atoms with Gasteiger partial charge in [-0.1, -0.05) is 30.3 Å². The predicted molar refractivity (Wildman–Crippen MR) is 79.3 cm³/mol. The number of rotatable bonds is 5. The lowest BCUT2D eigenvalue weighted by Gasteiger charge is -2.09. The predicted octanol–water partition coefficient (Wildman–Crippen LogP) is 3.53. The quantitative estimate of drug-likeness (QED) is 0.661. The van der Waals surface area contributed by atoms with E-state index in [4.69, 9.17) is 4.74 Å². The highest BCUT2D eigenvalue weighted by Crippen LogP contribution is 2.19. The molecule has 0 saturated heterocycles. The molecule has 0 aliphatic heterocycles. The van der Waals surface area contributed by atoms with E-state index in [1.165, 1.54) is 0 Å². The monoisotopic (exact) mass is 265 g/mol. The van der Waals surface area contributed by atoms with E-state index >= 15 is 0 Å². The minimum Gasteiger partial charge on any atom is -0.492 e. The summed E-state index contributed by atoms with van der Waals surface area (Å²) >= 11 is 0. The molecule has 100 valence electrons. The van der Waals surface area contributed by atoms with E-state index in [1.54, 1.807) is 0 Å². The summed E-state index contributed by atoms with van der Waals surface area (Å²) in [6, 6.07) is 17.5. The number of ether oxygens (including phenoxy) is 1. The second-order valence-corrected chi connectivity index (χ2v) is 4.57. The van der Waals surface area contributed by atoms with E-state index in [0.29, 0.717) is 18.7 Å². The topological polar surface area (TPSA) is 31.2 Å². The maximum atomic E-state index is 11.1. The Morgan fingerprint density at radius 3 is 2.65 bits per heavy atom. The highest BCUT2D eigenvalue weighted by Gasteiger charge is 2.05. The fraction of sp³-hybridized carbons (Fsp3) is 0.118. The first-order chi connectivity index (χ1) is 9.88. The number of fused-ring (bicyclic) bond motifs is 1. The van der Waals surface area contributed by atoms with Gasteiger partial charge in [0.05, 0.1) is 12.1 Å². The molecular formula is C17H15NO2. The van der Waals surface area contributed by atoms with E-state index in [1.807, 2.05) is 60.8 Å². The summed E-state index contributed by atoms with van der Waals surface area (Å²) in [5, 5.41) is 1.08. The molecule has 3 heteroatoms. The van der Waals surface area contributed by atoms with Gasteiger partial charge in [0.1, 0.15) is 12.4 Å². The van der Waals surface area contributed by atoms with Gasteiger partial charge in [-0.2, -0.15) is 0 Å². The van der Waals surface area contributed by atoms with Gasteiger partial charge in [0.15, 0.2) is 6.29 Å². The highest BCUT2D eigenvalue weighted by atomic mass is 16.5. The summed E-state index contributed by atoms with van der Waals surface area (Å²) in [6.07, 6.45) is 2.89. The van der Waals surface area contributed by atoms with Crippen molar-refractivity contribution in [2.45, 2.75) is 6.54 Å². The van der Waals surface area contributed by atoms with Crippen LogP contribution in [0.25, 0.3) is 10.9 Å². The molecule has 0 aliphatic rings. The second kappa shape index (κ2) is 5.61. The van der Waals surface area contributed by atoms with Gasteiger partial charge in [0, 0.05) is 17.1 Å². The number of benzene rings is 2. The Bertz CT molecular complexity index is 716. The van der Waals surface area contributed by atoms with E-state index in [9.17, 15) is 4.79 Å². The van der Waals surface area contributed by atoms with Gasteiger partial charge < -0.3 is 9.30 Å². The van der Waals surface area contributed by atoms with Crippen molar-refractivity contribution in [1.82, 2.24) is 4.57 Å². The second-order valence-electron chi connectivity index (χ2n) is 4.57. The fourth-order valence-corrected chi connectivity index (χ4v) is 2.35. The minimum atomic E-state index is 0.570. The maximum Gasteiger partial charge on any atom is 0.152 e. The van der Waals surface area contributed by atoms with E-state index in [0.717, 1.165) is 22.9 Å². The Balaban J connectivity index is 1.76. The Morgan fingerprint density at radius 1 is 1.00 bits per heavy atom. The summed E-state index contributed by atoms with van der Waals surface area (Å²) < 4.78 is 7.75. The Labute approximate surface area is 117 Å². The number of carbonyl (C=O) groups is 1. The Kier molecular flexibility index (Phi) is 3.50. The average molecular weight is 265 g/mol. The van der Waals surface area contributed by atoms with Crippen LogP contribution in [0.1, 0.15) is 10.4 Å². The molecule has 0 spiro atoms. The zero-order valence-corrected chi connectivity index (χ0v) is 11.0. The zero-order valence-electron chi connectivity index (χ0n) is 11.0. The number of hydrogen-bond acceptors (Lipinski definition) is 2. The smallest absolute Gasteiger partial charge is 0.152 e. The Morgan fingerprint density at radius 2 is 1.85 bits per heavy atom. The molecule has 0 bridgehead atoms. The number of aromatic nitrogens is 1. The maximum absolute atomic E-state index is 11.1. The number of carbonyl (C=O) groups excluding carboxylic acids is 1. The third kappa shape index (κ3) is 2.43. The van der Waals surface area contributed by atoms with Gasteiger partial charge in [0.2, 0.25) is 0 Å². The van der Waals surface area contributed by atoms with Crippen molar-refractivity contribution in [2.75, 3.05) is 6.61 Å². The SMILES string of the molecule is O=Cc1cccc2ccn(CCOc3ccccc3)c12. The average Bonchev–Trinajstić information content (AvgIpc) is 2.92. The Hall–Kier alpha value is -2.55. The molecule has 1 heterocycles. The van der Waals surface area contributed by atoms with Crippen LogP contribution < -0.4 is 4.74 Å².